The number of carbonyl (C=O) groups excluding carboxylic acids is 1. The molecule has 0 saturated carbocycles. The maximum Gasteiger partial charge on any atom is 0.405 e. The lowest BCUT2D eigenvalue weighted by molar-refractivity contribution is -0.419. The number of nitrogens with zero attached hydrogens (tertiary/aromatic N) is 1. The quantitative estimate of drug-likeness (QED) is 0.339. The zero-order valence-electron chi connectivity index (χ0n) is 17.0. The second kappa shape index (κ2) is 17.1. The molecule has 0 unspecified atom stereocenters. The molecule has 0 aliphatic heterocycles. The van der Waals surface area contributed by atoms with Crippen LogP contribution in [0.3, 0.4) is 0 Å². The number of allylic oxidation sites excluding steroid dienone is 3. The summed E-state index contributed by atoms with van der Waals surface area (Å²) in [7, 11) is 0. The van der Waals surface area contributed by atoms with Crippen molar-refractivity contribution < 1.29 is 24.4 Å². The molecule has 0 atom stereocenters. The van der Waals surface area contributed by atoms with Gasteiger partial charge in [-0.3, -0.25) is 14.9 Å². The molecule has 9 heteroatoms. The number of carboxylic acid groups (broad SMARTS) is 1. The number of carboxylic acids is 1. The summed E-state index contributed by atoms with van der Waals surface area (Å²) in [4.78, 5) is 31.2. The smallest absolute Gasteiger partial charge is 0.405 e. The number of nitro groups is 1. The molecule has 0 rings (SSSR count). The number of hydrogen-bond acceptors (Lipinski definition) is 6. The van der Waals surface area contributed by atoms with E-state index >= 15 is 0 Å². The van der Waals surface area contributed by atoms with Crippen LogP contribution in [0.1, 0.15) is 54.4 Å². The van der Waals surface area contributed by atoms with Crippen LogP contribution >= 0.6 is 11.8 Å². The van der Waals surface area contributed by atoms with E-state index in [1.54, 1.807) is 27.7 Å². The first-order valence-electron chi connectivity index (χ1n) is 8.45. The van der Waals surface area contributed by atoms with Gasteiger partial charge in [-0.2, -0.15) is 0 Å². The Labute approximate surface area is 165 Å². The van der Waals surface area contributed by atoms with Crippen LogP contribution in [0, 0.1) is 10.1 Å². The van der Waals surface area contributed by atoms with Crippen LogP contribution in [0.25, 0.3) is 0 Å². The van der Waals surface area contributed by atoms with Gasteiger partial charge < -0.3 is 15.6 Å². The van der Waals surface area contributed by atoms with Crippen LogP contribution in [0.15, 0.2) is 35.4 Å². The third-order valence-electron chi connectivity index (χ3n) is 2.10. The third kappa shape index (κ3) is 21.7. The van der Waals surface area contributed by atoms with Crippen molar-refractivity contribution in [1.82, 2.24) is 0 Å². The predicted octanol–water partition coefficient (Wildman–Crippen LogP) is 4.74. The molecule has 1 amide bonds. The second-order valence-corrected chi connectivity index (χ2v) is 6.68. The lowest BCUT2D eigenvalue weighted by Crippen LogP contribution is -2.27. The summed E-state index contributed by atoms with van der Waals surface area (Å²) >= 11 is 1.15. The maximum absolute atomic E-state index is 10.8. The zero-order valence-corrected chi connectivity index (χ0v) is 17.8. The summed E-state index contributed by atoms with van der Waals surface area (Å²) in [6.07, 6.45) is 4.27. The van der Waals surface area contributed by atoms with Crippen LogP contribution < -0.4 is 5.73 Å². The minimum atomic E-state index is -0.919. The first-order valence-corrected chi connectivity index (χ1v) is 9.43. The molecule has 0 aromatic heterocycles. The molecule has 27 heavy (non-hydrogen) atoms. The van der Waals surface area contributed by atoms with E-state index in [-0.39, 0.29) is 12.1 Å². The number of rotatable bonds is 8. The average molecular weight is 405 g/mol. The van der Waals surface area contributed by atoms with Crippen molar-refractivity contribution in [2.45, 2.75) is 60.0 Å². The molecular weight excluding hydrogens is 372 g/mol. The first-order chi connectivity index (χ1) is 12.4. The minimum Gasteiger partial charge on any atom is -0.481 e. The molecule has 0 aromatic carbocycles. The van der Waals surface area contributed by atoms with Crippen molar-refractivity contribution in [3.63, 3.8) is 0 Å². The van der Waals surface area contributed by atoms with E-state index in [1.165, 1.54) is 18.2 Å². The number of carbonyl (C=O) groups is 2. The Morgan fingerprint density at radius 1 is 1.33 bits per heavy atom. The molecule has 0 heterocycles. The van der Waals surface area contributed by atoms with Gasteiger partial charge >= 0.3 is 12.1 Å². The van der Waals surface area contributed by atoms with Gasteiger partial charge in [0.1, 0.15) is 5.60 Å². The number of amides is 1. The monoisotopic (exact) mass is 404 g/mol. The van der Waals surface area contributed by atoms with Crippen molar-refractivity contribution in [1.29, 1.82) is 0 Å². The van der Waals surface area contributed by atoms with E-state index < -0.39 is 22.6 Å². The molecule has 156 valence electrons. The molecule has 3 N–H and O–H groups in total. The Morgan fingerprint density at radius 2 is 1.85 bits per heavy atom. The van der Waals surface area contributed by atoms with Crippen molar-refractivity contribution in [2.75, 3.05) is 5.75 Å². The van der Waals surface area contributed by atoms with E-state index in [0.717, 1.165) is 11.8 Å². The molecule has 0 bridgehead atoms. The topological polar surface area (TPSA) is 133 Å². The normalized spacial score (nSPS) is 11.2. The van der Waals surface area contributed by atoms with Crippen molar-refractivity contribution >= 4 is 23.8 Å². The predicted molar refractivity (Wildman–Crippen MR) is 110 cm³/mol. The van der Waals surface area contributed by atoms with E-state index in [0.29, 0.717) is 17.1 Å². The molecular formula is C18H32N2O6S. The number of ether oxygens (including phenoxy) is 1. The largest absolute Gasteiger partial charge is 0.481 e. The SMILES string of the molecule is C=C/C=C(SCCC(=O)O)\C(=C/CC)[N+](=O)[O-].CC.CC(C)(C)OC(N)=O. The van der Waals surface area contributed by atoms with Crippen molar-refractivity contribution in [2.24, 2.45) is 5.73 Å². The third-order valence-corrected chi connectivity index (χ3v) is 3.16. The van der Waals surface area contributed by atoms with Gasteiger partial charge in [0.2, 0.25) is 0 Å². The van der Waals surface area contributed by atoms with Crippen LogP contribution in [-0.2, 0) is 9.53 Å². The Balaban J connectivity index is -0.000000482. The highest BCUT2D eigenvalue weighted by atomic mass is 32.2. The van der Waals surface area contributed by atoms with Gasteiger partial charge in [0, 0.05) is 5.75 Å². The van der Waals surface area contributed by atoms with Gasteiger partial charge in [-0.05, 0) is 39.3 Å². The molecule has 8 nitrogen and oxygen atoms in total. The highest BCUT2D eigenvalue weighted by Gasteiger charge is 2.17. The molecule has 0 aromatic rings. The van der Waals surface area contributed by atoms with Crippen LogP contribution in [0.2, 0.25) is 0 Å². The standard InChI is InChI=1S/C11H15NO4S.C5H11NO2.C2H6/c1-3-5-9(12(15)16)10(6-4-2)17-8-7-11(13)14;1-5(2,3)8-4(6)7;1-2/h4-6H,2-3,7-8H2,1H3,(H,13,14);1-3H3,(H2,6,7);1-2H3/b9-5+,10-6+;;. The number of nitrogens with two attached hydrogens (primary N) is 1. The van der Waals surface area contributed by atoms with Gasteiger partial charge in [0.25, 0.3) is 5.70 Å². The summed E-state index contributed by atoms with van der Waals surface area (Å²) in [6, 6.07) is 0. The molecule has 0 spiro atoms. The van der Waals surface area contributed by atoms with Gasteiger partial charge in [-0.25, -0.2) is 4.79 Å². The van der Waals surface area contributed by atoms with Gasteiger partial charge in [0.15, 0.2) is 0 Å². The van der Waals surface area contributed by atoms with E-state index in [4.69, 9.17) is 10.8 Å². The van der Waals surface area contributed by atoms with Crippen LogP contribution in [-0.4, -0.2) is 33.4 Å². The van der Waals surface area contributed by atoms with Gasteiger partial charge in [-0.1, -0.05) is 33.4 Å². The molecule has 0 aliphatic carbocycles. The van der Waals surface area contributed by atoms with Crippen molar-refractivity contribution in [3.8, 4) is 0 Å². The van der Waals surface area contributed by atoms with E-state index in [9.17, 15) is 19.7 Å². The highest BCUT2D eigenvalue weighted by Crippen LogP contribution is 2.25. The molecule has 0 saturated heterocycles. The zero-order chi connectivity index (χ0) is 22.0. The minimum absolute atomic E-state index is 0.00258. The fourth-order valence-electron chi connectivity index (χ4n) is 1.32. The first kappa shape index (κ1) is 29.5. The lowest BCUT2D eigenvalue weighted by atomic mass is 10.2. The lowest BCUT2D eigenvalue weighted by Gasteiger charge is -2.16. The molecule has 0 radical (unpaired) electrons. The maximum atomic E-state index is 10.8. The summed E-state index contributed by atoms with van der Waals surface area (Å²) < 4.78 is 4.58. The number of hydrogen-bond donors (Lipinski definition) is 2. The average Bonchev–Trinajstić information content (AvgIpc) is 2.51. The summed E-state index contributed by atoms with van der Waals surface area (Å²) in [5.41, 5.74) is 4.27. The van der Waals surface area contributed by atoms with Crippen molar-refractivity contribution in [3.05, 3.63) is 45.5 Å². The van der Waals surface area contributed by atoms with Gasteiger partial charge in [0.05, 0.1) is 16.2 Å². The summed E-state index contributed by atoms with van der Waals surface area (Å²) in [5, 5.41) is 19.3. The Morgan fingerprint density at radius 3 is 2.11 bits per heavy atom. The second-order valence-electron chi connectivity index (χ2n) is 5.55. The molecule has 0 fully saturated rings. The van der Waals surface area contributed by atoms with E-state index in [1.807, 2.05) is 13.8 Å². The summed E-state index contributed by atoms with van der Waals surface area (Å²) in [6.45, 7) is 14.6. The Hall–Kier alpha value is -2.29. The van der Waals surface area contributed by atoms with Crippen LogP contribution in [0.5, 0.6) is 0 Å². The number of primary amides is 1. The highest BCUT2D eigenvalue weighted by molar-refractivity contribution is 8.03. The summed E-state index contributed by atoms with van der Waals surface area (Å²) in [5.74, 6) is -0.623. The number of thioether (sulfide) groups is 1. The Kier molecular flexibility index (Phi) is 18.7. The number of aliphatic carboxylic acids is 1. The fraction of sp³-hybridized carbons (Fsp3) is 0.556. The van der Waals surface area contributed by atoms with Crippen LogP contribution in [0.4, 0.5) is 4.79 Å². The Bertz CT molecular complexity index is 536. The molecule has 0 aliphatic rings. The fourth-order valence-corrected chi connectivity index (χ4v) is 2.32. The van der Waals surface area contributed by atoms with E-state index in [2.05, 4.69) is 11.3 Å². The van der Waals surface area contributed by atoms with Gasteiger partial charge in [-0.15, -0.1) is 11.8 Å².